The molecule has 0 aliphatic rings. The smallest absolute Gasteiger partial charge is 0.262 e. The van der Waals surface area contributed by atoms with Gasteiger partial charge in [0.15, 0.2) is 6.61 Å². The fourth-order valence-corrected chi connectivity index (χ4v) is 1.73. The van der Waals surface area contributed by atoms with Crippen LogP contribution in [0, 0.1) is 13.8 Å². The Morgan fingerprint density at radius 1 is 1.25 bits per heavy atom. The molecule has 0 fully saturated rings. The van der Waals surface area contributed by atoms with Crippen LogP contribution in [-0.4, -0.2) is 29.8 Å². The van der Waals surface area contributed by atoms with Gasteiger partial charge in [0.1, 0.15) is 11.5 Å². The highest BCUT2D eigenvalue weighted by molar-refractivity contribution is 5.92. The van der Waals surface area contributed by atoms with Gasteiger partial charge in [-0.15, -0.1) is 0 Å². The van der Waals surface area contributed by atoms with Crippen LogP contribution >= 0.6 is 0 Å². The third kappa shape index (κ3) is 3.28. The number of rotatable bonds is 5. The van der Waals surface area contributed by atoms with E-state index in [4.69, 9.17) is 9.47 Å². The summed E-state index contributed by atoms with van der Waals surface area (Å²) in [5.74, 6) is 1.13. The lowest BCUT2D eigenvalue weighted by Gasteiger charge is -2.08. The summed E-state index contributed by atoms with van der Waals surface area (Å²) in [6.07, 6.45) is 0. The largest absolute Gasteiger partial charge is 0.497 e. The minimum Gasteiger partial charge on any atom is -0.497 e. The highest BCUT2D eigenvalue weighted by atomic mass is 16.5. The first-order chi connectivity index (χ1) is 9.60. The Kier molecular flexibility index (Phi) is 4.24. The third-order valence-corrected chi connectivity index (χ3v) is 2.82. The molecule has 20 heavy (non-hydrogen) atoms. The predicted octanol–water partition coefficient (Wildman–Crippen LogP) is 2.05. The summed E-state index contributed by atoms with van der Waals surface area (Å²) in [7, 11) is 1.60. The summed E-state index contributed by atoms with van der Waals surface area (Å²) >= 11 is 0. The van der Waals surface area contributed by atoms with E-state index in [0.29, 0.717) is 11.4 Å². The van der Waals surface area contributed by atoms with Crippen LogP contribution in [0.15, 0.2) is 24.3 Å². The zero-order chi connectivity index (χ0) is 14.5. The standard InChI is InChI=1S/C14H17N3O3/c1-9-14(10(2)17-16-9)15-13(18)8-20-12-6-4-11(19-3)5-7-12/h4-7H,8H2,1-3H3,(H,15,18)(H,16,17). The molecule has 0 spiro atoms. The Labute approximate surface area is 117 Å². The van der Waals surface area contributed by atoms with Crippen molar-refractivity contribution in [2.45, 2.75) is 13.8 Å². The number of nitrogens with one attached hydrogen (secondary N) is 2. The van der Waals surface area contributed by atoms with Gasteiger partial charge in [-0.1, -0.05) is 0 Å². The van der Waals surface area contributed by atoms with Crippen LogP contribution < -0.4 is 14.8 Å². The molecule has 0 atom stereocenters. The minimum atomic E-state index is -0.228. The van der Waals surface area contributed by atoms with Crippen molar-refractivity contribution in [3.05, 3.63) is 35.7 Å². The highest BCUT2D eigenvalue weighted by Crippen LogP contribution is 2.18. The van der Waals surface area contributed by atoms with Crippen LogP contribution in [-0.2, 0) is 4.79 Å². The molecule has 0 saturated heterocycles. The highest BCUT2D eigenvalue weighted by Gasteiger charge is 2.10. The molecular weight excluding hydrogens is 258 g/mol. The third-order valence-electron chi connectivity index (χ3n) is 2.82. The summed E-state index contributed by atoms with van der Waals surface area (Å²) in [6.45, 7) is 3.61. The van der Waals surface area contributed by atoms with Crippen molar-refractivity contribution in [1.29, 1.82) is 0 Å². The summed E-state index contributed by atoms with van der Waals surface area (Å²) in [5.41, 5.74) is 2.27. The van der Waals surface area contributed by atoms with Crippen LogP contribution in [0.5, 0.6) is 11.5 Å². The molecule has 6 nitrogen and oxygen atoms in total. The van der Waals surface area contributed by atoms with E-state index in [-0.39, 0.29) is 12.5 Å². The molecule has 0 radical (unpaired) electrons. The van der Waals surface area contributed by atoms with Crippen LogP contribution in [0.3, 0.4) is 0 Å². The molecule has 106 valence electrons. The van der Waals surface area contributed by atoms with Crippen molar-refractivity contribution in [3.8, 4) is 11.5 Å². The van der Waals surface area contributed by atoms with Gasteiger partial charge in [0.2, 0.25) is 0 Å². The van der Waals surface area contributed by atoms with E-state index in [2.05, 4.69) is 15.5 Å². The molecule has 2 N–H and O–H groups in total. The van der Waals surface area contributed by atoms with Crippen molar-refractivity contribution in [2.75, 3.05) is 19.0 Å². The number of carbonyl (C=O) groups is 1. The Bertz CT molecular complexity index is 571. The molecule has 1 amide bonds. The summed E-state index contributed by atoms with van der Waals surface area (Å²) in [4.78, 5) is 11.8. The maximum Gasteiger partial charge on any atom is 0.262 e. The van der Waals surface area contributed by atoms with Crippen molar-refractivity contribution in [2.24, 2.45) is 0 Å². The van der Waals surface area contributed by atoms with Crippen molar-refractivity contribution >= 4 is 11.6 Å². The fraction of sp³-hybridized carbons (Fsp3) is 0.286. The van der Waals surface area contributed by atoms with Crippen LogP contribution in [0.4, 0.5) is 5.69 Å². The van der Waals surface area contributed by atoms with E-state index in [0.717, 1.165) is 17.1 Å². The number of amides is 1. The maximum atomic E-state index is 11.8. The lowest BCUT2D eigenvalue weighted by Crippen LogP contribution is -2.20. The Balaban J connectivity index is 1.89. The number of carbonyl (C=O) groups excluding carboxylic acids is 1. The fourth-order valence-electron chi connectivity index (χ4n) is 1.73. The van der Waals surface area contributed by atoms with E-state index in [1.807, 2.05) is 13.8 Å². The number of ether oxygens (including phenoxy) is 2. The first-order valence-corrected chi connectivity index (χ1v) is 6.18. The molecule has 0 aliphatic heterocycles. The average Bonchev–Trinajstić information content (AvgIpc) is 2.77. The van der Waals surface area contributed by atoms with Crippen LogP contribution in [0.25, 0.3) is 0 Å². The molecule has 2 aromatic rings. The minimum absolute atomic E-state index is 0.0591. The molecule has 0 bridgehead atoms. The lowest BCUT2D eigenvalue weighted by atomic mass is 10.3. The molecule has 0 unspecified atom stereocenters. The van der Waals surface area contributed by atoms with Crippen molar-refractivity contribution < 1.29 is 14.3 Å². The molecule has 1 heterocycles. The Hall–Kier alpha value is -2.50. The number of aryl methyl sites for hydroxylation is 2. The molecule has 1 aromatic carbocycles. The number of benzene rings is 1. The van der Waals surface area contributed by atoms with Gasteiger partial charge < -0.3 is 14.8 Å². The number of hydrogen-bond donors (Lipinski definition) is 2. The van der Waals surface area contributed by atoms with E-state index in [9.17, 15) is 4.79 Å². The molecule has 0 saturated carbocycles. The van der Waals surface area contributed by atoms with Gasteiger partial charge in [-0.05, 0) is 38.1 Å². The summed E-state index contributed by atoms with van der Waals surface area (Å²) in [6, 6.07) is 7.05. The number of hydrogen-bond acceptors (Lipinski definition) is 4. The maximum absolute atomic E-state index is 11.8. The number of aromatic nitrogens is 2. The number of methoxy groups -OCH3 is 1. The van der Waals surface area contributed by atoms with Gasteiger partial charge in [-0.2, -0.15) is 5.10 Å². The molecular formula is C14H17N3O3. The Morgan fingerprint density at radius 2 is 1.90 bits per heavy atom. The second-order valence-corrected chi connectivity index (χ2v) is 4.32. The van der Waals surface area contributed by atoms with Gasteiger partial charge in [0, 0.05) is 0 Å². The molecule has 2 rings (SSSR count). The van der Waals surface area contributed by atoms with Gasteiger partial charge in [-0.25, -0.2) is 0 Å². The monoisotopic (exact) mass is 275 g/mol. The average molecular weight is 275 g/mol. The second-order valence-electron chi connectivity index (χ2n) is 4.32. The Morgan fingerprint density at radius 3 is 2.45 bits per heavy atom. The number of aromatic amines is 1. The SMILES string of the molecule is COc1ccc(OCC(=O)Nc2c(C)n[nH]c2C)cc1. The zero-order valence-corrected chi connectivity index (χ0v) is 11.7. The van der Waals surface area contributed by atoms with Crippen LogP contribution in [0.1, 0.15) is 11.4 Å². The first kappa shape index (κ1) is 13.9. The van der Waals surface area contributed by atoms with Gasteiger partial charge in [0.05, 0.1) is 24.2 Å². The van der Waals surface area contributed by atoms with E-state index in [1.54, 1.807) is 31.4 Å². The van der Waals surface area contributed by atoms with Crippen molar-refractivity contribution in [3.63, 3.8) is 0 Å². The summed E-state index contributed by atoms with van der Waals surface area (Å²) < 4.78 is 10.4. The predicted molar refractivity (Wildman–Crippen MR) is 75.2 cm³/mol. The number of nitrogens with zero attached hydrogens (tertiary/aromatic N) is 1. The van der Waals surface area contributed by atoms with E-state index in [1.165, 1.54) is 0 Å². The lowest BCUT2D eigenvalue weighted by molar-refractivity contribution is -0.118. The normalized spacial score (nSPS) is 10.2. The van der Waals surface area contributed by atoms with E-state index >= 15 is 0 Å². The van der Waals surface area contributed by atoms with E-state index < -0.39 is 0 Å². The van der Waals surface area contributed by atoms with Gasteiger partial charge in [0.25, 0.3) is 5.91 Å². The number of anilines is 1. The molecule has 1 aromatic heterocycles. The van der Waals surface area contributed by atoms with Gasteiger partial charge in [-0.3, -0.25) is 9.89 Å². The molecule has 0 aliphatic carbocycles. The van der Waals surface area contributed by atoms with Crippen molar-refractivity contribution in [1.82, 2.24) is 10.2 Å². The topological polar surface area (TPSA) is 76.2 Å². The first-order valence-electron chi connectivity index (χ1n) is 6.18. The number of H-pyrrole nitrogens is 1. The van der Waals surface area contributed by atoms with Crippen LogP contribution in [0.2, 0.25) is 0 Å². The van der Waals surface area contributed by atoms with Gasteiger partial charge >= 0.3 is 0 Å². The zero-order valence-electron chi connectivity index (χ0n) is 11.7. The molecule has 6 heteroatoms. The second kappa shape index (κ2) is 6.10. The summed E-state index contributed by atoms with van der Waals surface area (Å²) in [5, 5.41) is 9.59. The quantitative estimate of drug-likeness (QED) is 0.875.